The number of hydrogen-bond donors (Lipinski definition) is 1. The van der Waals surface area contributed by atoms with E-state index in [0.717, 1.165) is 25.2 Å². The molecular formula is C16H32N2O. The maximum atomic E-state index is 5.94. The van der Waals surface area contributed by atoms with Crippen molar-refractivity contribution in [3.05, 3.63) is 0 Å². The minimum atomic E-state index is 0.477. The Morgan fingerprint density at radius 3 is 2.84 bits per heavy atom. The van der Waals surface area contributed by atoms with Crippen LogP contribution < -0.4 is 5.32 Å². The largest absolute Gasteiger partial charge is 0.378 e. The molecule has 2 rings (SSSR count). The van der Waals surface area contributed by atoms with E-state index >= 15 is 0 Å². The predicted octanol–water partition coefficient (Wildman–Crippen LogP) is 2.65. The van der Waals surface area contributed by atoms with Crippen LogP contribution in [0.2, 0.25) is 0 Å². The molecule has 2 aliphatic rings. The van der Waals surface area contributed by atoms with Gasteiger partial charge in [0.1, 0.15) is 0 Å². The maximum absolute atomic E-state index is 5.94. The third kappa shape index (κ3) is 4.17. The Labute approximate surface area is 119 Å². The Morgan fingerprint density at radius 2 is 2.11 bits per heavy atom. The van der Waals surface area contributed by atoms with Crippen molar-refractivity contribution in [2.24, 2.45) is 5.92 Å². The average molecular weight is 268 g/mol. The minimum absolute atomic E-state index is 0.477. The second kappa shape index (κ2) is 7.61. The van der Waals surface area contributed by atoms with Crippen molar-refractivity contribution in [1.82, 2.24) is 10.2 Å². The zero-order valence-electron chi connectivity index (χ0n) is 13.0. The van der Waals surface area contributed by atoms with Gasteiger partial charge in [-0.25, -0.2) is 0 Å². The van der Waals surface area contributed by atoms with Gasteiger partial charge in [-0.15, -0.1) is 0 Å². The van der Waals surface area contributed by atoms with Gasteiger partial charge in [0.15, 0.2) is 0 Å². The molecule has 0 bridgehead atoms. The first-order valence-corrected chi connectivity index (χ1v) is 8.24. The smallest absolute Gasteiger partial charge is 0.0612 e. The van der Waals surface area contributed by atoms with E-state index in [0.29, 0.717) is 12.0 Å². The van der Waals surface area contributed by atoms with E-state index in [1.54, 1.807) is 0 Å². The van der Waals surface area contributed by atoms with Crippen molar-refractivity contribution >= 4 is 0 Å². The van der Waals surface area contributed by atoms with Gasteiger partial charge in [0.25, 0.3) is 0 Å². The normalized spacial score (nSPS) is 33.8. The standard InChI is InChI=1S/C16H32N2O/c1-13(2)16-12-15(8-11-19-16)18-10-5-4-6-14(18)7-9-17-3/h13-17H,4-12H2,1-3H3. The van der Waals surface area contributed by atoms with E-state index in [1.807, 2.05) is 0 Å². The summed E-state index contributed by atoms with van der Waals surface area (Å²) in [4.78, 5) is 2.82. The number of piperidine rings is 1. The van der Waals surface area contributed by atoms with Gasteiger partial charge in [-0.2, -0.15) is 0 Å². The van der Waals surface area contributed by atoms with Crippen molar-refractivity contribution in [3.8, 4) is 0 Å². The van der Waals surface area contributed by atoms with Gasteiger partial charge >= 0.3 is 0 Å². The van der Waals surface area contributed by atoms with Crippen LogP contribution in [0.1, 0.15) is 52.4 Å². The second-order valence-corrected chi connectivity index (χ2v) is 6.61. The Kier molecular flexibility index (Phi) is 6.11. The van der Waals surface area contributed by atoms with Crippen molar-refractivity contribution in [2.75, 3.05) is 26.7 Å². The molecule has 1 N–H and O–H groups in total. The maximum Gasteiger partial charge on any atom is 0.0612 e. The van der Waals surface area contributed by atoms with Crippen LogP contribution in [0.4, 0.5) is 0 Å². The molecule has 0 aromatic carbocycles. The number of rotatable bonds is 5. The molecule has 0 aliphatic carbocycles. The average Bonchev–Trinajstić information content (AvgIpc) is 2.45. The van der Waals surface area contributed by atoms with Gasteiger partial charge in [0.05, 0.1) is 6.10 Å². The summed E-state index contributed by atoms with van der Waals surface area (Å²) in [6.07, 6.45) is 8.46. The lowest BCUT2D eigenvalue weighted by Gasteiger charge is -2.45. The van der Waals surface area contributed by atoms with Crippen molar-refractivity contribution in [1.29, 1.82) is 0 Å². The first kappa shape index (κ1) is 15.3. The molecule has 3 atom stereocenters. The SMILES string of the molecule is CNCCC1CCCCN1C1CCOC(C(C)C)C1. The fourth-order valence-corrected chi connectivity index (χ4v) is 3.70. The third-order valence-electron chi connectivity index (χ3n) is 4.90. The first-order valence-electron chi connectivity index (χ1n) is 8.24. The molecule has 3 nitrogen and oxygen atoms in total. The van der Waals surface area contributed by atoms with Crippen LogP contribution >= 0.6 is 0 Å². The molecule has 112 valence electrons. The molecule has 3 unspecified atom stereocenters. The summed E-state index contributed by atoms with van der Waals surface area (Å²) < 4.78 is 5.94. The zero-order valence-corrected chi connectivity index (χ0v) is 13.0. The molecular weight excluding hydrogens is 236 g/mol. The highest BCUT2D eigenvalue weighted by Gasteiger charge is 2.33. The fraction of sp³-hybridized carbons (Fsp3) is 1.00. The summed E-state index contributed by atoms with van der Waals surface area (Å²) >= 11 is 0. The lowest BCUT2D eigenvalue weighted by atomic mass is 9.90. The molecule has 0 aromatic heterocycles. The summed E-state index contributed by atoms with van der Waals surface area (Å²) in [7, 11) is 2.07. The predicted molar refractivity (Wildman–Crippen MR) is 80.5 cm³/mol. The van der Waals surface area contributed by atoms with Gasteiger partial charge in [-0.1, -0.05) is 20.3 Å². The van der Waals surface area contributed by atoms with Gasteiger partial charge < -0.3 is 10.1 Å². The minimum Gasteiger partial charge on any atom is -0.378 e. The summed E-state index contributed by atoms with van der Waals surface area (Å²) in [5.41, 5.74) is 0. The topological polar surface area (TPSA) is 24.5 Å². The lowest BCUT2D eigenvalue weighted by Crippen LogP contribution is -2.51. The van der Waals surface area contributed by atoms with Crippen LogP contribution in [-0.4, -0.2) is 49.8 Å². The summed E-state index contributed by atoms with van der Waals surface area (Å²) in [6.45, 7) is 8.01. The number of hydrogen-bond acceptors (Lipinski definition) is 3. The first-order chi connectivity index (χ1) is 9.22. The molecule has 2 fully saturated rings. The Balaban J connectivity index is 1.92. The van der Waals surface area contributed by atoms with Crippen LogP contribution in [-0.2, 0) is 4.74 Å². The fourth-order valence-electron chi connectivity index (χ4n) is 3.70. The van der Waals surface area contributed by atoms with E-state index in [4.69, 9.17) is 4.74 Å². The van der Waals surface area contributed by atoms with E-state index in [-0.39, 0.29) is 0 Å². The molecule has 2 aliphatic heterocycles. The van der Waals surface area contributed by atoms with E-state index in [9.17, 15) is 0 Å². The highest BCUT2D eigenvalue weighted by atomic mass is 16.5. The lowest BCUT2D eigenvalue weighted by molar-refractivity contribution is -0.0619. The van der Waals surface area contributed by atoms with Gasteiger partial charge in [0.2, 0.25) is 0 Å². The highest BCUT2D eigenvalue weighted by molar-refractivity contribution is 4.87. The van der Waals surface area contributed by atoms with Gasteiger partial charge in [0, 0.05) is 18.7 Å². The second-order valence-electron chi connectivity index (χ2n) is 6.61. The van der Waals surface area contributed by atoms with Crippen molar-refractivity contribution in [2.45, 2.75) is 70.6 Å². The molecule has 2 saturated heterocycles. The van der Waals surface area contributed by atoms with Crippen molar-refractivity contribution < 1.29 is 4.74 Å². The Hall–Kier alpha value is -0.120. The molecule has 0 spiro atoms. The number of likely N-dealkylation sites (tertiary alicyclic amines) is 1. The van der Waals surface area contributed by atoms with Crippen LogP contribution in [0.5, 0.6) is 0 Å². The van der Waals surface area contributed by atoms with Crippen molar-refractivity contribution in [3.63, 3.8) is 0 Å². The monoisotopic (exact) mass is 268 g/mol. The highest BCUT2D eigenvalue weighted by Crippen LogP contribution is 2.29. The molecule has 3 heteroatoms. The Bertz CT molecular complexity index is 257. The molecule has 0 amide bonds. The number of ether oxygens (including phenoxy) is 1. The quantitative estimate of drug-likeness (QED) is 0.829. The van der Waals surface area contributed by atoms with Crippen LogP contribution in [0.15, 0.2) is 0 Å². The van der Waals surface area contributed by atoms with E-state index in [2.05, 4.69) is 31.1 Å². The van der Waals surface area contributed by atoms with Gasteiger partial charge in [-0.3, -0.25) is 4.90 Å². The number of nitrogens with one attached hydrogen (secondary N) is 1. The molecule has 0 saturated carbocycles. The number of nitrogens with zero attached hydrogens (tertiary/aromatic N) is 1. The molecule has 0 aromatic rings. The van der Waals surface area contributed by atoms with Crippen LogP contribution in [0, 0.1) is 5.92 Å². The zero-order chi connectivity index (χ0) is 13.7. The Morgan fingerprint density at radius 1 is 1.26 bits per heavy atom. The summed E-state index contributed by atoms with van der Waals surface area (Å²) in [5.74, 6) is 0.656. The van der Waals surface area contributed by atoms with E-state index < -0.39 is 0 Å². The molecule has 19 heavy (non-hydrogen) atoms. The van der Waals surface area contributed by atoms with Crippen LogP contribution in [0.25, 0.3) is 0 Å². The van der Waals surface area contributed by atoms with Crippen LogP contribution in [0.3, 0.4) is 0 Å². The molecule has 0 radical (unpaired) electrons. The van der Waals surface area contributed by atoms with E-state index in [1.165, 1.54) is 45.1 Å². The van der Waals surface area contributed by atoms with Gasteiger partial charge in [-0.05, 0) is 58.2 Å². The summed E-state index contributed by atoms with van der Waals surface area (Å²) in [6, 6.07) is 1.57. The summed E-state index contributed by atoms with van der Waals surface area (Å²) in [5, 5.41) is 3.31. The molecule has 2 heterocycles. The third-order valence-corrected chi connectivity index (χ3v) is 4.90.